The predicted molar refractivity (Wildman–Crippen MR) is 79.3 cm³/mol. The number of hydrogen-bond donors (Lipinski definition) is 0. The second-order valence-corrected chi connectivity index (χ2v) is 6.68. The summed E-state index contributed by atoms with van der Waals surface area (Å²) in [4.78, 5) is 15.3. The van der Waals surface area contributed by atoms with Crippen LogP contribution in [0.2, 0.25) is 5.02 Å². The van der Waals surface area contributed by atoms with E-state index in [9.17, 15) is 4.79 Å². The normalized spacial score (nSPS) is 11.4. The number of hydrogen-bond acceptors (Lipinski definition) is 2. The average molecular weight is 286 g/mol. The van der Waals surface area contributed by atoms with Gasteiger partial charge in [-0.25, -0.2) is 0 Å². The van der Waals surface area contributed by atoms with Crippen LogP contribution in [0, 0.1) is 0 Å². The van der Waals surface area contributed by atoms with Crippen molar-refractivity contribution in [2.24, 2.45) is 0 Å². The number of benzene rings is 1. The molecule has 100 valence electrons. The molecule has 0 atom stereocenters. The van der Waals surface area contributed by atoms with Gasteiger partial charge in [-0.3, -0.25) is 4.79 Å². The van der Waals surface area contributed by atoms with Crippen molar-refractivity contribution in [3.05, 3.63) is 29.3 Å². The van der Waals surface area contributed by atoms with Gasteiger partial charge in [-0.05, 0) is 52.0 Å². The molecule has 0 aliphatic heterocycles. The number of rotatable bonds is 5. The molecule has 1 amide bonds. The van der Waals surface area contributed by atoms with Crippen molar-refractivity contribution in [2.45, 2.75) is 37.3 Å². The summed E-state index contributed by atoms with van der Waals surface area (Å²) in [5, 5.41) is 0.715. The predicted octanol–water partition coefficient (Wildman–Crippen LogP) is 4.08. The molecule has 0 radical (unpaired) electrons. The van der Waals surface area contributed by atoms with Crippen LogP contribution in [0.15, 0.2) is 29.2 Å². The summed E-state index contributed by atoms with van der Waals surface area (Å²) >= 11 is 7.43. The van der Waals surface area contributed by atoms with E-state index in [-0.39, 0.29) is 5.91 Å². The van der Waals surface area contributed by atoms with Gasteiger partial charge in [0.1, 0.15) is 0 Å². The lowest BCUT2D eigenvalue weighted by Gasteiger charge is -2.30. The Morgan fingerprint density at radius 1 is 1.22 bits per heavy atom. The number of nitrogens with zero attached hydrogens (tertiary/aromatic N) is 1. The Bertz CT molecular complexity index is 399. The van der Waals surface area contributed by atoms with E-state index in [1.165, 1.54) is 0 Å². The zero-order chi connectivity index (χ0) is 13.8. The summed E-state index contributed by atoms with van der Waals surface area (Å²) in [6, 6.07) is 7.60. The lowest BCUT2D eigenvalue weighted by molar-refractivity contribution is -0.132. The van der Waals surface area contributed by atoms with Gasteiger partial charge in [-0.1, -0.05) is 11.6 Å². The van der Waals surface area contributed by atoms with E-state index in [0.29, 0.717) is 5.02 Å². The van der Waals surface area contributed by atoms with Gasteiger partial charge >= 0.3 is 0 Å². The molecule has 4 heteroatoms. The fraction of sp³-hybridized carbons (Fsp3) is 0.500. The van der Waals surface area contributed by atoms with Crippen LogP contribution in [-0.2, 0) is 4.79 Å². The minimum Gasteiger partial charge on any atom is -0.342 e. The molecule has 0 heterocycles. The molecule has 0 fully saturated rings. The topological polar surface area (TPSA) is 20.3 Å². The molecule has 0 unspecified atom stereocenters. The van der Waals surface area contributed by atoms with Crippen molar-refractivity contribution in [2.75, 3.05) is 13.1 Å². The maximum atomic E-state index is 12.4. The molecular weight excluding hydrogens is 266 g/mol. The van der Waals surface area contributed by atoms with Crippen molar-refractivity contribution in [3.63, 3.8) is 0 Å². The van der Waals surface area contributed by atoms with E-state index in [1.807, 2.05) is 56.9 Å². The standard InChI is InChI=1S/C14H20ClNOS/c1-5-16(6-2)13(17)14(3,4)18-12-9-7-11(15)8-10-12/h7-10H,5-6H2,1-4H3. The molecule has 1 rings (SSSR count). The van der Waals surface area contributed by atoms with Crippen molar-refractivity contribution >= 4 is 29.3 Å². The second kappa shape index (κ2) is 6.48. The minimum atomic E-state index is -0.458. The van der Waals surface area contributed by atoms with Gasteiger partial charge in [0.15, 0.2) is 0 Å². The number of thioether (sulfide) groups is 1. The summed E-state index contributed by atoms with van der Waals surface area (Å²) in [7, 11) is 0. The Kier molecular flexibility index (Phi) is 5.54. The van der Waals surface area contributed by atoms with E-state index < -0.39 is 4.75 Å². The second-order valence-electron chi connectivity index (χ2n) is 4.54. The first kappa shape index (κ1) is 15.4. The van der Waals surface area contributed by atoms with Gasteiger partial charge < -0.3 is 4.90 Å². The van der Waals surface area contributed by atoms with E-state index >= 15 is 0 Å². The molecule has 2 nitrogen and oxygen atoms in total. The number of halogens is 1. The van der Waals surface area contributed by atoms with Crippen LogP contribution in [0.25, 0.3) is 0 Å². The molecule has 1 aromatic rings. The van der Waals surface area contributed by atoms with Crippen molar-refractivity contribution in [1.82, 2.24) is 4.90 Å². The van der Waals surface area contributed by atoms with Crippen LogP contribution in [0.1, 0.15) is 27.7 Å². The lowest BCUT2D eigenvalue weighted by Crippen LogP contribution is -2.43. The van der Waals surface area contributed by atoms with Gasteiger partial charge in [-0.2, -0.15) is 0 Å². The molecule has 1 aromatic carbocycles. The van der Waals surface area contributed by atoms with Crippen molar-refractivity contribution in [1.29, 1.82) is 0 Å². The number of amides is 1. The average Bonchev–Trinajstić information content (AvgIpc) is 2.33. The Morgan fingerprint density at radius 3 is 2.17 bits per heavy atom. The molecule has 0 aliphatic rings. The van der Waals surface area contributed by atoms with E-state index in [4.69, 9.17) is 11.6 Å². The third kappa shape index (κ3) is 3.92. The molecule has 18 heavy (non-hydrogen) atoms. The number of carbonyl (C=O) groups is 1. The van der Waals surface area contributed by atoms with Gasteiger partial charge in [0.25, 0.3) is 0 Å². The highest BCUT2D eigenvalue weighted by atomic mass is 35.5. The SMILES string of the molecule is CCN(CC)C(=O)C(C)(C)Sc1ccc(Cl)cc1. The maximum absolute atomic E-state index is 12.4. The maximum Gasteiger partial charge on any atom is 0.238 e. The van der Waals surface area contributed by atoms with Crippen LogP contribution in [0.4, 0.5) is 0 Å². The Balaban J connectivity index is 2.80. The first-order chi connectivity index (χ1) is 8.40. The van der Waals surface area contributed by atoms with Gasteiger partial charge in [0, 0.05) is 23.0 Å². The summed E-state index contributed by atoms with van der Waals surface area (Å²) in [6.07, 6.45) is 0. The largest absolute Gasteiger partial charge is 0.342 e. The number of carbonyl (C=O) groups excluding carboxylic acids is 1. The highest BCUT2D eigenvalue weighted by Crippen LogP contribution is 2.34. The highest BCUT2D eigenvalue weighted by molar-refractivity contribution is 8.01. The molecule has 0 N–H and O–H groups in total. The highest BCUT2D eigenvalue weighted by Gasteiger charge is 2.31. The molecule has 0 aromatic heterocycles. The van der Waals surface area contributed by atoms with Crippen LogP contribution in [0.3, 0.4) is 0 Å². The quantitative estimate of drug-likeness (QED) is 0.760. The summed E-state index contributed by atoms with van der Waals surface area (Å²) in [5.41, 5.74) is 0. The third-order valence-electron chi connectivity index (χ3n) is 2.75. The van der Waals surface area contributed by atoms with Crippen molar-refractivity contribution in [3.8, 4) is 0 Å². The first-order valence-electron chi connectivity index (χ1n) is 6.14. The zero-order valence-corrected chi connectivity index (χ0v) is 12.9. The fourth-order valence-electron chi connectivity index (χ4n) is 1.73. The monoisotopic (exact) mass is 285 g/mol. The Labute approximate surface area is 119 Å². The summed E-state index contributed by atoms with van der Waals surface area (Å²) < 4.78 is -0.458. The van der Waals surface area contributed by atoms with Gasteiger partial charge in [-0.15, -0.1) is 11.8 Å². The molecule has 0 aliphatic carbocycles. The van der Waals surface area contributed by atoms with Crippen LogP contribution < -0.4 is 0 Å². The Hall–Kier alpha value is -0.670. The molecule has 0 spiro atoms. The minimum absolute atomic E-state index is 0.174. The van der Waals surface area contributed by atoms with Crippen LogP contribution >= 0.6 is 23.4 Å². The zero-order valence-electron chi connectivity index (χ0n) is 11.4. The molecular formula is C14H20ClNOS. The van der Waals surface area contributed by atoms with Crippen molar-refractivity contribution < 1.29 is 4.79 Å². The van der Waals surface area contributed by atoms with Crippen LogP contribution in [-0.4, -0.2) is 28.6 Å². The van der Waals surface area contributed by atoms with E-state index in [1.54, 1.807) is 11.8 Å². The smallest absolute Gasteiger partial charge is 0.238 e. The summed E-state index contributed by atoms with van der Waals surface area (Å²) in [5.74, 6) is 0.174. The fourth-order valence-corrected chi connectivity index (χ4v) is 2.94. The van der Waals surface area contributed by atoms with E-state index in [2.05, 4.69) is 0 Å². The van der Waals surface area contributed by atoms with Crippen LogP contribution in [0.5, 0.6) is 0 Å². The summed E-state index contributed by atoms with van der Waals surface area (Å²) in [6.45, 7) is 9.44. The molecule has 0 saturated heterocycles. The first-order valence-corrected chi connectivity index (χ1v) is 7.34. The third-order valence-corrected chi connectivity index (χ3v) is 4.20. The van der Waals surface area contributed by atoms with Gasteiger partial charge in [0.2, 0.25) is 5.91 Å². The van der Waals surface area contributed by atoms with E-state index in [0.717, 1.165) is 18.0 Å². The molecule has 0 saturated carbocycles. The van der Waals surface area contributed by atoms with Gasteiger partial charge in [0.05, 0.1) is 4.75 Å². The lowest BCUT2D eigenvalue weighted by atomic mass is 10.1. The Morgan fingerprint density at radius 2 is 1.72 bits per heavy atom. The molecule has 0 bridgehead atoms.